The molecule has 3 heteroatoms. The minimum absolute atomic E-state index is 0.198. The Hall–Kier alpha value is -0.570. The number of piperazine rings is 1. The Morgan fingerprint density at radius 3 is 2.53 bits per heavy atom. The van der Waals surface area contributed by atoms with Gasteiger partial charge in [-0.05, 0) is 19.3 Å². The molecule has 86 valence electrons. The van der Waals surface area contributed by atoms with Crippen LogP contribution in [-0.2, 0) is 4.79 Å². The molecule has 0 spiro atoms. The maximum Gasteiger partial charge on any atom is 0.225 e. The van der Waals surface area contributed by atoms with Gasteiger partial charge in [-0.1, -0.05) is 20.3 Å². The van der Waals surface area contributed by atoms with Crippen molar-refractivity contribution in [2.75, 3.05) is 13.1 Å². The van der Waals surface area contributed by atoms with Gasteiger partial charge < -0.3 is 10.2 Å². The molecule has 15 heavy (non-hydrogen) atoms. The summed E-state index contributed by atoms with van der Waals surface area (Å²) in [5.41, 5.74) is 0. The van der Waals surface area contributed by atoms with Crippen molar-refractivity contribution in [1.29, 1.82) is 0 Å². The van der Waals surface area contributed by atoms with Gasteiger partial charge in [-0.2, -0.15) is 0 Å². The fourth-order valence-corrected chi connectivity index (χ4v) is 2.67. The monoisotopic (exact) mass is 210 g/mol. The molecular formula is C12H22N2O. The van der Waals surface area contributed by atoms with E-state index in [0.717, 1.165) is 19.5 Å². The normalized spacial score (nSPS) is 32.5. The molecule has 1 amide bonds. The van der Waals surface area contributed by atoms with Gasteiger partial charge in [0.2, 0.25) is 5.91 Å². The van der Waals surface area contributed by atoms with E-state index in [2.05, 4.69) is 17.1 Å². The van der Waals surface area contributed by atoms with E-state index < -0.39 is 0 Å². The summed E-state index contributed by atoms with van der Waals surface area (Å²) in [5, 5.41) is 3.60. The van der Waals surface area contributed by atoms with E-state index in [4.69, 9.17) is 0 Å². The van der Waals surface area contributed by atoms with E-state index in [1.165, 1.54) is 19.3 Å². The van der Waals surface area contributed by atoms with Crippen LogP contribution in [0.1, 0.15) is 39.5 Å². The van der Waals surface area contributed by atoms with Crippen LogP contribution in [0.2, 0.25) is 0 Å². The highest BCUT2D eigenvalue weighted by Crippen LogP contribution is 2.21. The number of hydrogen-bond donors (Lipinski definition) is 1. The standard InChI is InChI=1S/C12H22N2O/c1-3-9(2)12(15)14-7-10-5-4-6-11(8-14)13-10/h9-11,13H,3-8H2,1-2H3. The molecule has 2 bridgehead atoms. The summed E-state index contributed by atoms with van der Waals surface area (Å²) in [6.45, 7) is 5.99. The number of rotatable bonds is 2. The molecule has 2 aliphatic heterocycles. The van der Waals surface area contributed by atoms with Crippen molar-refractivity contribution in [2.45, 2.75) is 51.6 Å². The van der Waals surface area contributed by atoms with E-state index in [9.17, 15) is 4.79 Å². The van der Waals surface area contributed by atoms with Crippen LogP contribution in [0.4, 0.5) is 0 Å². The lowest BCUT2D eigenvalue weighted by Crippen LogP contribution is -2.60. The lowest BCUT2D eigenvalue weighted by atomic mass is 9.93. The summed E-state index contributed by atoms with van der Waals surface area (Å²) in [6.07, 6.45) is 4.76. The van der Waals surface area contributed by atoms with E-state index in [-0.39, 0.29) is 5.92 Å². The first-order valence-electron chi connectivity index (χ1n) is 6.25. The first-order chi connectivity index (χ1) is 7.20. The van der Waals surface area contributed by atoms with Gasteiger partial charge in [0.1, 0.15) is 0 Å². The molecule has 3 atom stereocenters. The van der Waals surface area contributed by atoms with Crippen molar-refractivity contribution in [3.8, 4) is 0 Å². The molecule has 1 N–H and O–H groups in total. The lowest BCUT2D eigenvalue weighted by molar-refractivity contribution is -0.137. The molecule has 2 aliphatic rings. The van der Waals surface area contributed by atoms with Crippen molar-refractivity contribution < 1.29 is 4.79 Å². The third-order valence-corrected chi connectivity index (χ3v) is 3.80. The topological polar surface area (TPSA) is 32.3 Å². The number of nitrogens with zero attached hydrogens (tertiary/aromatic N) is 1. The molecule has 2 saturated heterocycles. The number of carbonyl (C=O) groups is 1. The van der Waals surface area contributed by atoms with Crippen LogP contribution in [-0.4, -0.2) is 36.0 Å². The molecule has 2 heterocycles. The average Bonchev–Trinajstić information content (AvgIpc) is 2.26. The van der Waals surface area contributed by atoms with Crippen LogP contribution in [0.3, 0.4) is 0 Å². The van der Waals surface area contributed by atoms with Crippen LogP contribution in [0.5, 0.6) is 0 Å². The Balaban J connectivity index is 1.96. The summed E-state index contributed by atoms with van der Waals surface area (Å²) in [4.78, 5) is 14.1. The maximum atomic E-state index is 12.1. The summed E-state index contributed by atoms with van der Waals surface area (Å²) in [6, 6.07) is 1.12. The van der Waals surface area contributed by atoms with E-state index in [1.807, 2.05) is 6.92 Å². The van der Waals surface area contributed by atoms with Gasteiger partial charge in [0.05, 0.1) is 0 Å². The molecule has 0 radical (unpaired) electrons. The molecule has 0 aliphatic carbocycles. The predicted molar refractivity (Wildman–Crippen MR) is 60.6 cm³/mol. The molecule has 2 rings (SSSR count). The third kappa shape index (κ3) is 2.33. The van der Waals surface area contributed by atoms with Crippen LogP contribution in [0, 0.1) is 5.92 Å². The minimum Gasteiger partial charge on any atom is -0.339 e. The average molecular weight is 210 g/mol. The number of piperidine rings is 1. The fraction of sp³-hybridized carbons (Fsp3) is 0.917. The van der Waals surface area contributed by atoms with Crippen molar-refractivity contribution in [3.63, 3.8) is 0 Å². The third-order valence-electron chi connectivity index (χ3n) is 3.80. The highest BCUT2D eigenvalue weighted by atomic mass is 16.2. The fourth-order valence-electron chi connectivity index (χ4n) is 2.67. The Bertz CT molecular complexity index is 230. The number of likely N-dealkylation sites (tertiary alicyclic amines) is 1. The molecule has 0 saturated carbocycles. The quantitative estimate of drug-likeness (QED) is 0.747. The summed E-state index contributed by atoms with van der Waals surface area (Å²) in [7, 11) is 0. The van der Waals surface area contributed by atoms with Crippen LogP contribution in [0.15, 0.2) is 0 Å². The molecule has 3 unspecified atom stereocenters. The van der Waals surface area contributed by atoms with Crippen LogP contribution < -0.4 is 5.32 Å². The van der Waals surface area contributed by atoms with Gasteiger partial charge in [-0.25, -0.2) is 0 Å². The highest BCUT2D eigenvalue weighted by molar-refractivity contribution is 5.78. The number of nitrogens with one attached hydrogen (secondary N) is 1. The summed E-state index contributed by atoms with van der Waals surface area (Å²) >= 11 is 0. The predicted octanol–water partition coefficient (Wildman–Crippen LogP) is 1.39. The Kier molecular flexibility index (Phi) is 3.29. The SMILES string of the molecule is CCC(C)C(=O)N1CC2CCCC(C1)N2. The van der Waals surface area contributed by atoms with Gasteiger partial charge in [0, 0.05) is 31.1 Å². The minimum atomic E-state index is 0.198. The second-order valence-electron chi connectivity index (χ2n) is 5.04. The van der Waals surface area contributed by atoms with Crippen molar-refractivity contribution in [1.82, 2.24) is 10.2 Å². The molecule has 0 aromatic carbocycles. The molecular weight excluding hydrogens is 188 g/mol. The number of amides is 1. The summed E-state index contributed by atoms with van der Waals surface area (Å²) < 4.78 is 0. The van der Waals surface area contributed by atoms with Crippen molar-refractivity contribution in [3.05, 3.63) is 0 Å². The first kappa shape index (κ1) is 10.9. The van der Waals surface area contributed by atoms with Crippen molar-refractivity contribution >= 4 is 5.91 Å². The van der Waals surface area contributed by atoms with Gasteiger partial charge in [-0.3, -0.25) is 4.79 Å². The summed E-state index contributed by atoms with van der Waals surface area (Å²) in [5.74, 6) is 0.555. The zero-order valence-corrected chi connectivity index (χ0v) is 9.83. The molecule has 2 fully saturated rings. The Morgan fingerprint density at radius 2 is 2.00 bits per heavy atom. The second-order valence-corrected chi connectivity index (χ2v) is 5.04. The van der Waals surface area contributed by atoms with Gasteiger partial charge in [0.15, 0.2) is 0 Å². The molecule has 0 aromatic rings. The van der Waals surface area contributed by atoms with E-state index in [0.29, 0.717) is 18.0 Å². The molecule has 3 nitrogen and oxygen atoms in total. The Labute approximate surface area is 92.2 Å². The van der Waals surface area contributed by atoms with Gasteiger partial charge in [0.25, 0.3) is 0 Å². The largest absolute Gasteiger partial charge is 0.339 e. The smallest absolute Gasteiger partial charge is 0.225 e. The first-order valence-corrected chi connectivity index (χ1v) is 6.25. The van der Waals surface area contributed by atoms with E-state index >= 15 is 0 Å². The number of carbonyl (C=O) groups excluding carboxylic acids is 1. The van der Waals surface area contributed by atoms with Gasteiger partial charge >= 0.3 is 0 Å². The number of hydrogen-bond acceptors (Lipinski definition) is 2. The van der Waals surface area contributed by atoms with E-state index in [1.54, 1.807) is 0 Å². The highest BCUT2D eigenvalue weighted by Gasteiger charge is 2.32. The van der Waals surface area contributed by atoms with Gasteiger partial charge in [-0.15, -0.1) is 0 Å². The van der Waals surface area contributed by atoms with Crippen LogP contribution >= 0.6 is 0 Å². The second kappa shape index (κ2) is 4.52. The van der Waals surface area contributed by atoms with Crippen LogP contribution in [0.25, 0.3) is 0 Å². The van der Waals surface area contributed by atoms with Crippen molar-refractivity contribution in [2.24, 2.45) is 5.92 Å². The number of fused-ring (bicyclic) bond motifs is 2. The zero-order chi connectivity index (χ0) is 10.8. The maximum absolute atomic E-state index is 12.1. The molecule has 0 aromatic heterocycles. The lowest BCUT2D eigenvalue weighted by Gasteiger charge is -2.43. The zero-order valence-electron chi connectivity index (χ0n) is 9.83. The Morgan fingerprint density at radius 1 is 1.40 bits per heavy atom.